The van der Waals surface area contributed by atoms with E-state index in [1.807, 2.05) is 0 Å². The zero-order valence-electron chi connectivity index (χ0n) is 17.1. The van der Waals surface area contributed by atoms with Gasteiger partial charge in [0.05, 0.1) is 32.3 Å². The maximum absolute atomic E-state index is 13.4. The van der Waals surface area contributed by atoms with E-state index in [9.17, 15) is 14.7 Å². The summed E-state index contributed by atoms with van der Waals surface area (Å²) in [6, 6.07) is 10.2. The molecule has 0 bridgehead atoms. The number of nitrogens with zero attached hydrogens (tertiary/aromatic N) is 1. The molecular formula is C23H21Cl3N2O4. The van der Waals surface area contributed by atoms with Crippen LogP contribution in [0.25, 0.3) is 5.76 Å². The minimum Gasteiger partial charge on any atom is -0.872 e. The number of hydrogen-bond acceptors (Lipinski definition) is 4. The molecule has 2 aliphatic rings. The monoisotopic (exact) mass is 494 g/mol. The van der Waals surface area contributed by atoms with E-state index in [1.54, 1.807) is 30.3 Å². The van der Waals surface area contributed by atoms with Gasteiger partial charge in [-0.25, -0.2) is 0 Å². The number of likely N-dealkylation sites (tertiary alicyclic amines) is 1. The molecule has 2 aliphatic heterocycles. The highest BCUT2D eigenvalue weighted by Gasteiger charge is 2.45. The Morgan fingerprint density at radius 2 is 1.69 bits per heavy atom. The van der Waals surface area contributed by atoms with Crippen molar-refractivity contribution in [2.45, 2.75) is 6.04 Å². The molecule has 6 nitrogen and oxygen atoms in total. The topological polar surface area (TPSA) is 74.1 Å². The van der Waals surface area contributed by atoms with Crippen molar-refractivity contribution in [1.29, 1.82) is 0 Å². The van der Waals surface area contributed by atoms with Crippen molar-refractivity contribution in [3.63, 3.8) is 0 Å². The van der Waals surface area contributed by atoms with Crippen molar-refractivity contribution in [3.05, 3.63) is 74.2 Å². The first-order valence-corrected chi connectivity index (χ1v) is 11.4. The van der Waals surface area contributed by atoms with Crippen molar-refractivity contribution >= 4 is 52.3 Å². The highest BCUT2D eigenvalue weighted by Crippen LogP contribution is 2.41. The Morgan fingerprint density at radius 3 is 2.34 bits per heavy atom. The molecular weight excluding hydrogens is 475 g/mol. The zero-order valence-corrected chi connectivity index (χ0v) is 19.3. The van der Waals surface area contributed by atoms with Crippen molar-refractivity contribution in [2.75, 3.05) is 39.4 Å². The van der Waals surface area contributed by atoms with Crippen molar-refractivity contribution < 1.29 is 24.3 Å². The van der Waals surface area contributed by atoms with Crippen LogP contribution in [0.15, 0.2) is 48.0 Å². The van der Waals surface area contributed by atoms with Crippen LogP contribution in [0, 0.1) is 0 Å². The lowest BCUT2D eigenvalue weighted by molar-refractivity contribution is -0.907. The van der Waals surface area contributed by atoms with Crippen LogP contribution in [0.2, 0.25) is 15.1 Å². The number of rotatable bonds is 5. The van der Waals surface area contributed by atoms with E-state index in [0.29, 0.717) is 41.9 Å². The highest BCUT2D eigenvalue weighted by atomic mass is 35.5. The SMILES string of the molecule is O=C1C(=O)N(CC[NH+]2CCOCC2)C(c2ccc(Cl)cc2Cl)/C1=C(\[O-])c1ccc(Cl)cc1. The fourth-order valence-electron chi connectivity index (χ4n) is 4.09. The van der Waals surface area contributed by atoms with Gasteiger partial charge in [0.1, 0.15) is 13.1 Å². The van der Waals surface area contributed by atoms with Crippen LogP contribution in [0.5, 0.6) is 0 Å². The van der Waals surface area contributed by atoms with Gasteiger partial charge in [0.2, 0.25) is 5.78 Å². The molecule has 0 aromatic heterocycles. The predicted molar refractivity (Wildman–Crippen MR) is 121 cm³/mol. The number of carbonyl (C=O) groups is 2. The van der Waals surface area contributed by atoms with Gasteiger partial charge in [0.25, 0.3) is 5.91 Å². The third-order valence-electron chi connectivity index (χ3n) is 5.80. The number of ether oxygens (including phenoxy) is 1. The van der Waals surface area contributed by atoms with Crippen molar-refractivity contribution in [2.24, 2.45) is 0 Å². The maximum Gasteiger partial charge on any atom is 0.295 e. The normalized spacial score (nSPS) is 21.3. The van der Waals surface area contributed by atoms with E-state index in [0.717, 1.165) is 13.1 Å². The number of halogens is 3. The van der Waals surface area contributed by atoms with Crippen molar-refractivity contribution in [1.82, 2.24) is 4.90 Å². The lowest BCUT2D eigenvalue weighted by Crippen LogP contribution is -3.14. The average Bonchev–Trinajstić information content (AvgIpc) is 3.03. The van der Waals surface area contributed by atoms with Crippen LogP contribution in [0.3, 0.4) is 0 Å². The van der Waals surface area contributed by atoms with E-state index in [1.165, 1.54) is 21.9 Å². The molecule has 0 aliphatic carbocycles. The molecule has 2 fully saturated rings. The largest absolute Gasteiger partial charge is 0.872 e. The lowest BCUT2D eigenvalue weighted by atomic mass is 9.95. The summed E-state index contributed by atoms with van der Waals surface area (Å²) < 4.78 is 5.39. The number of Topliss-reactive ketones (excluding diaryl/α,β-unsaturated/α-hetero) is 1. The standard InChI is InChI=1S/C23H21Cl3N2O4/c24-15-3-1-14(2-4-15)21(29)19-20(17-6-5-16(25)13-18(17)26)28(23(31)22(19)30)8-7-27-9-11-32-12-10-27/h1-6,13,20,29H,7-12H2/b21-19+. The molecule has 2 saturated heterocycles. The number of carbonyl (C=O) groups excluding carboxylic acids is 2. The summed E-state index contributed by atoms with van der Waals surface area (Å²) in [6.45, 7) is 3.89. The van der Waals surface area contributed by atoms with Gasteiger partial charge in [-0.2, -0.15) is 0 Å². The first-order chi connectivity index (χ1) is 15.4. The number of nitrogens with one attached hydrogen (secondary N) is 1. The molecule has 0 spiro atoms. The average molecular weight is 496 g/mol. The third kappa shape index (κ3) is 4.65. The number of ketones is 1. The molecule has 4 rings (SSSR count). The highest BCUT2D eigenvalue weighted by molar-refractivity contribution is 6.47. The zero-order chi connectivity index (χ0) is 22.8. The van der Waals surface area contributed by atoms with Crippen LogP contribution in [0.1, 0.15) is 17.2 Å². The molecule has 9 heteroatoms. The molecule has 1 N–H and O–H groups in total. The number of amides is 1. The Hall–Kier alpha value is -2.09. The van der Waals surface area contributed by atoms with Gasteiger partial charge in [-0.1, -0.05) is 58.8 Å². The number of morpholine rings is 1. The molecule has 1 unspecified atom stereocenters. The second-order valence-electron chi connectivity index (χ2n) is 7.76. The molecule has 0 saturated carbocycles. The van der Waals surface area contributed by atoms with Crippen LogP contribution in [-0.4, -0.2) is 56.0 Å². The van der Waals surface area contributed by atoms with E-state index >= 15 is 0 Å². The fraction of sp³-hybridized carbons (Fsp3) is 0.304. The first-order valence-electron chi connectivity index (χ1n) is 10.3. The summed E-state index contributed by atoms with van der Waals surface area (Å²) in [4.78, 5) is 28.8. The number of quaternary nitrogens is 1. The van der Waals surface area contributed by atoms with E-state index < -0.39 is 23.5 Å². The Labute approximate surface area is 200 Å². The quantitative estimate of drug-likeness (QED) is 0.390. The summed E-state index contributed by atoms with van der Waals surface area (Å²) >= 11 is 18.5. The van der Waals surface area contributed by atoms with Gasteiger partial charge in [0.15, 0.2) is 0 Å². The van der Waals surface area contributed by atoms with Crippen LogP contribution in [0.4, 0.5) is 0 Å². The molecule has 1 atom stereocenters. The Morgan fingerprint density at radius 1 is 1.03 bits per heavy atom. The van der Waals surface area contributed by atoms with Gasteiger partial charge < -0.3 is 19.6 Å². The molecule has 2 heterocycles. The smallest absolute Gasteiger partial charge is 0.295 e. The van der Waals surface area contributed by atoms with Gasteiger partial charge in [0, 0.05) is 20.6 Å². The van der Waals surface area contributed by atoms with Crippen LogP contribution >= 0.6 is 34.8 Å². The van der Waals surface area contributed by atoms with E-state index in [2.05, 4.69) is 0 Å². The summed E-state index contributed by atoms with van der Waals surface area (Å²) in [7, 11) is 0. The van der Waals surface area contributed by atoms with Crippen molar-refractivity contribution in [3.8, 4) is 0 Å². The summed E-state index contributed by atoms with van der Waals surface area (Å²) in [5, 5.41) is 14.5. The molecule has 1 amide bonds. The molecule has 32 heavy (non-hydrogen) atoms. The van der Waals surface area contributed by atoms with Gasteiger partial charge >= 0.3 is 0 Å². The first kappa shape index (κ1) is 23.1. The Balaban J connectivity index is 1.76. The minimum absolute atomic E-state index is 0.112. The van der Waals surface area contributed by atoms with E-state index in [4.69, 9.17) is 39.5 Å². The molecule has 2 aromatic carbocycles. The maximum atomic E-state index is 13.4. The summed E-state index contributed by atoms with van der Waals surface area (Å²) in [5.41, 5.74) is 0.657. The van der Waals surface area contributed by atoms with Crippen LogP contribution in [-0.2, 0) is 14.3 Å². The second kappa shape index (κ2) is 9.81. The molecule has 2 aromatic rings. The van der Waals surface area contributed by atoms with Gasteiger partial charge in [-0.05, 0) is 35.4 Å². The number of hydrogen-bond donors (Lipinski definition) is 1. The van der Waals surface area contributed by atoms with Gasteiger partial charge in [-0.3, -0.25) is 9.59 Å². The minimum atomic E-state index is -0.886. The summed E-state index contributed by atoms with van der Waals surface area (Å²) in [5.74, 6) is -2.03. The molecule has 0 radical (unpaired) electrons. The molecule has 168 valence electrons. The second-order valence-corrected chi connectivity index (χ2v) is 9.04. The Kier molecular flexibility index (Phi) is 7.08. The third-order valence-corrected chi connectivity index (χ3v) is 6.61. The lowest BCUT2D eigenvalue weighted by Gasteiger charge is -2.30. The van der Waals surface area contributed by atoms with E-state index in [-0.39, 0.29) is 16.2 Å². The number of benzene rings is 2. The van der Waals surface area contributed by atoms with Crippen LogP contribution < -0.4 is 10.0 Å². The predicted octanol–water partition coefficient (Wildman–Crippen LogP) is 1.79. The Bertz CT molecular complexity index is 1070. The fourth-order valence-corrected chi connectivity index (χ4v) is 4.73. The van der Waals surface area contributed by atoms with Gasteiger partial charge in [-0.15, -0.1) is 0 Å². The summed E-state index contributed by atoms with van der Waals surface area (Å²) in [6.07, 6.45) is 0.